The van der Waals surface area contributed by atoms with Gasteiger partial charge in [-0.15, -0.1) is 0 Å². The van der Waals surface area contributed by atoms with Crippen molar-refractivity contribution in [3.8, 4) is 46.8 Å². The molecule has 308 valence electrons. The number of hydrogen-bond donors (Lipinski definition) is 0. The molecule has 0 saturated carbocycles. The number of nitriles is 4. The molecule has 0 aliphatic carbocycles. The Morgan fingerprint density at radius 2 is 0.910 bits per heavy atom. The summed E-state index contributed by atoms with van der Waals surface area (Å²) >= 11 is 0. The van der Waals surface area contributed by atoms with Crippen molar-refractivity contribution < 1.29 is 0 Å². The van der Waals surface area contributed by atoms with Crippen molar-refractivity contribution in [2.45, 2.75) is 0 Å². The van der Waals surface area contributed by atoms with Crippen LogP contribution in [0.2, 0.25) is 0 Å². The first-order chi connectivity index (χ1) is 33.0. The van der Waals surface area contributed by atoms with E-state index >= 15 is 0 Å². The van der Waals surface area contributed by atoms with Gasteiger partial charge < -0.3 is 14.0 Å². The lowest BCUT2D eigenvalue weighted by Crippen LogP contribution is -2.09. The Hall–Kier alpha value is -9.92. The van der Waals surface area contributed by atoms with Crippen LogP contribution in [0.3, 0.4) is 0 Å². The van der Waals surface area contributed by atoms with Gasteiger partial charge in [0.1, 0.15) is 12.1 Å². The Balaban J connectivity index is 0.988. The molecule has 2 aromatic heterocycles. The Bertz CT molecular complexity index is 4210. The average molecular weight is 852 g/mol. The van der Waals surface area contributed by atoms with Crippen molar-refractivity contribution >= 4 is 82.2 Å². The van der Waals surface area contributed by atoms with Crippen molar-refractivity contribution in [2.24, 2.45) is 0 Å². The van der Waals surface area contributed by atoms with Gasteiger partial charge in [0, 0.05) is 38.6 Å². The van der Waals surface area contributed by atoms with Crippen molar-refractivity contribution in [1.29, 1.82) is 21.0 Å². The fourth-order valence-electron chi connectivity index (χ4n) is 9.94. The van der Waals surface area contributed by atoms with E-state index in [1.54, 1.807) is 24.3 Å². The number of nitrogens with zero attached hydrogens (tertiary/aromatic N) is 7. The zero-order valence-electron chi connectivity index (χ0n) is 35.7. The van der Waals surface area contributed by atoms with Gasteiger partial charge >= 0.3 is 0 Å². The van der Waals surface area contributed by atoms with E-state index < -0.39 is 0 Å². The normalized spacial score (nSPS) is 11.2. The minimum Gasteiger partial charge on any atom is -0.310 e. The van der Waals surface area contributed by atoms with Crippen molar-refractivity contribution in [1.82, 2.24) is 9.13 Å². The molecule has 7 nitrogen and oxygen atoms in total. The third-order valence-corrected chi connectivity index (χ3v) is 13.0. The first-order valence-electron chi connectivity index (χ1n) is 21.8. The van der Waals surface area contributed by atoms with Crippen LogP contribution < -0.4 is 4.90 Å². The van der Waals surface area contributed by atoms with Crippen LogP contribution in [0.1, 0.15) is 22.3 Å². The van der Waals surface area contributed by atoms with Gasteiger partial charge in [-0.2, -0.15) is 21.0 Å². The molecule has 2 heterocycles. The van der Waals surface area contributed by atoms with Crippen LogP contribution >= 0.6 is 0 Å². The summed E-state index contributed by atoms with van der Waals surface area (Å²) < 4.78 is 4.28. The molecule has 7 heteroatoms. The van der Waals surface area contributed by atoms with Crippen molar-refractivity contribution in [3.05, 3.63) is 222 Å². The van der Waals surface area contributed by atoms with Gasteiger partial charge in [0.25, 0.3) is 0 Å². The van der Waals surface area contributed by atoms with Crippen LogP contribution in [0.5, 0.6) is 0 Å². The summed E-state index contributed by atoms with van der Waals surface area (Å²) in [6, 6.07) is 77.1. The number of benzene rings is 10. The summed E-state index contributed by atoms with van der Waals surface area (Å²) in [6.45, 7) is 0. The highest BCUT2D eigenvalue weighted by molar-refractivity contribution is 6.22. The van der Waals surface area contributed by atoms with E-state index in [9.17, 15) is 21.0 Å². The van der Waals surface area contributed by atoms with E-state index in [0.717, 1.165) is 105 Å². The van der Waals surface area contributed by atoms with Crippen LogP contribution in [0.15, 0.2) is 200 Å². The summed E-state index contributed by atoms with van der Waals surface area (Å²) in [4.78, 5) is 2.27. The monoisotopic (exact) mass is 851 g/mol. The van der Waals surface area contributed by atoms with E-state index in [0.29, 0.717) is 22.3 Å². The molecule has 12 rings (SSSR count). The standard InChI is InChI=1S/C60H33N7/c61-34-38-14-24-54(45(28-38)36-63)66-57-27-23-49(33-53(57)60-50-11-5-4-8-41(50)20-26-58(60)66)65(47-9-2-1-3-10-47)48-21-18-40(19-22-48)42-16-17-43-31-52-51-12-6-7-13-56(51)67(59(52)32-44(43)30-42)55-25-15-39(35-62)29-46(55)37-64/h1-33H. The van der Waals surface area contributed by atoms with E-state index in [1.807, 2.05) is 30.3 Å². The lowest BCUT2D eigenvalue weighted by molar-refractivity contribution is 1.16. The molecule has 0 radical (unpaired) electrons. The largest absolute Gasteiger partial charge is 0.310 e. The summed E-state index contributed by atoms with van der Waals surface area (Å²) in [7, 11) is 0. The second-order valence-corrected chi connectivity index (χ2v) is 16.6. The topological polar surface area (TPSA) is 108 Å². The lowest BCUT2D eigenvalue weighted by atomic mass is 9.99. The zero-order valence-corrected chi connectivity index (χ0v) is 35.7. The Morgan fingerprint density at radius 3 is 1.63 bits per heavy atom. The van der Waals surface area contributed by atoms with Crippen LogP contribution in [0.4, 0.5) is 17.1 Å². The minimum absolute atomic E-state index is 0.432. The summed E-state index contributed by atoms with van der Waals surface area (Å²) in [5.41, 5.74) is 12.2. The molecule has 12 aromatic rings. The van der Waals surface area contributed by atoms with E-state index in [-0.39, 0.29) is 0 Å². The molecule has 10 aromatic carbocycles. The first-order valence-corrected chi connectivity index (χ1v) is 21.8. The third kappa shape index (κ3) is 6.17. The fraction of sp³-hybridized carbons (Fsp3) is 0. The number of para-hydroxylation sites is 2. The van der Waals surface area contributed by atoms with Gasteiger partial charge in [-0.3, -0.25) is 0 Å². The summed E-state index contributed by atoms with van der Waals surface area (Å²) in [5, 5.41) is 48.5. The Morgan fingerprint density at radius 1 is 0.328 bits per heavy atom. The predicted octanol–water partition coefficient (Wildman–Crippen LogP) is 14.8. The van der Waals surface area contributed by atoms with Crippen LogP contribution in [0.25, 0.3) is 87.7 Å². The third-order valence-electron chi connectivity index (χ3n) is 13.0. The van der Waals surface area contributed by atoms with Crippen LogP contribution in [-0.4, -0.2) is 9.13 Å². The van der Waals surface area contributed by atoms with Gasteiger partial charge in [0.2, 0.25) is 0 Å². The average Bonchev–Trinajstić information content (AvgIpc) is 3.89. The van der Waals surface area contributed by atoms with E-state index in [1.165, 1.54) is 0 Å². The molecule has 0 atom stereocenters. The lowest BCUT2D eigenvalue weighted by Gasteiger charge is -2.26. The highest BCUT2D eigenvalue weighted by Crippen LogP contribution is 2.43. The Kier molecular flexibility index (Phi) is 8.91. The SMILES string of the molecule is N#Cc1ccc(-n2c3ccccc3c3cc4ccc(-c5ccc(N(c6ccccc6)c6ccc7c(c6)c6c8ccccc8ccc6n7-c6ccc(C#N)cc6C#N)cc5)cc4cc32)c(C#N)c1. The van der Waals surface area contributed by atoms with E-state index in [4.69, 9.17) is 0 Å². The molecule has 0 unspecified atom stereocenters. The molecule has 0 bridgehead atoms. The Labute approximate surface area is 384 Å². The van der Waals surface area contributed by atoms with Gasteiger partial charge in [0.05, 0.1) is 67.8 Å². The highest BCUT2D eigenvalue weighted by atomic mass is 15.1. The minimum atomic E-state index is 0.432. The maximum Gasteiger partial charge on any atom is 0.101 e. The molecule has 67 heavy (non-hydrogen) atoms. The van der Waals surface area contributed by atoms with Crippen LogP contribution in [-0.2, 0) is 0 Å². The molecule has 0 aliphatic heterocycles. The van der Waals surface area contributed by atoms with Gasteiger partial charge in [-0.05, 0) is 142 Å². The first kappa shape index (κ1) is 38.7. The van der Waals surface area contributed by atoms with Crippen molar-refractivity contribution in [3.63, 3.8) is 0 Å². The summed E-state index contributed by atoms with van der Waals surface area (Å²) in [6.07, 6.45) is 0. The number of aromatic nitrogens is 2. The number of fused-ring (bicyclic) bond motifs is 9. The van der Waals surface area contributed by atoms with Gasteiger partial charge in [-0.25, -0.2) is 0 Å². The maximum absolute atomic E-state index is 10.3. The van der Waals surface area contributed by atoms with E-state index in [2.05, 4.69) is 184 Å². The molecule has 0 spiro atoms. The molecule has 0 saturated heterocycles. The smallest absolute Gasteiger partial charge is 0.101 e. The number of hydrogen-bond acceptors (Lipinski definition) is 5. The summed E-state index contributed by atoms with van der Waals surface area (Å²) in [5.74, 6) is 0. The second kappa shape index (κ2) is 15.4. The molecular weight excluding hydrogens is 819 g/mol. The highest BCUT2D eigenvalue weighted by Gasteiger charge is 2.21. The van der Waals surface area contributed by atoms with Crippen LogP contribution in [0, 0.1) is 45.3 Å². The molecule has 0 N–H and O–H groups in total. The zero-order chi connectivity index (χ0) is 45.2. The predicted molar refractivity (Wildman–Crippen MR) is 269 cm³/mol. The number of anilines is 3. The molecule has 0 aliphatic rings. The van der Waals surface area contributed by atoms with Gasteiger partial charge in [-0.1, -0.05) is 91.0 Å². The van der Waals surface area contributed by atoms with Gasteiger partial charge in [0.15, 0.2) is 0 Å². The maximum atomic E-state index is 10.3. The molecule has 0 amide bonds. The second-order valence-electron chi connectivity index (χ2n) is 16.6. The molecular formula is C60H33N7. The molecule has 0 fully saturated rings. The number of rotatable bonds is 6. The fourth-order valence-corrected chi connectivity index (χ4v) is 9.94. The quantitative estimate of drug-likeness (QED) is 0.165. The van der Waals surface area contributed by atoms with Crippen molar-refractivity contribution in [2.75, 3.05) is 4.90 Å².